The summed E-state index contributed by atoms with van der Waals surface area (Å²) in [5.74, 6) is -1.17. The number of carbonyl (C=O) groups is 2. The van der Waals surface area contributed by atoms with Gasteiger partial charge in [-0.2, -0.15) is 0 Å². The zero-order valence-corrected chi connectivity index (χ0v) is 11.7. The highest BCUT2D eigenvalue weighted by Crippen LogP contribution is 2.19. The van der Waals surface area contributed by atoms with Gasteiger partial charge in [-0.05, 0) is 24.3 Å². The smallest absolute Gasteiger partial charge is 0.408 e. The van der Waals surface area contributed by atoms with Crippen molar-refractivity contribution in [3.05, 3.63) is 35.9 Å². The van der Waals surface area contributed by atoms with E-state index in [4.69, 9.17) is 9.47 Å². The van der Waals surface area contributed by atoms with Gasteiger partial charge in [-0.25, -0.2) is 9.59 Å². The lowest BCUT2D eigenvalue weighted by molar-refractivity contribution is -0.141. The van der Waals surface area contributed by atoms with E-state index in [0.717, 1.165) is 5.56 Å². The number of aliphatic carboxylic acids is 1. The largest absolute Gasteiger partial charge is 0.480 e. The molecule has 1 heterocycles. The number of hydrogen-bond donors (Lipinski definition) is 2. The molecule has 2 rings (SSSR count). The molecule has 1 aromatic rings. The number of carboxylic acid groups (broad SMARTS) is 1. The molecule has 0 bridgehead atoms. The average Bonchev–Trinajstić information content (AvgIpc) is 2.52. The van der Waals surface area contributed by atoms with Crippen LogP contribution in [-0.4, -0.2) is 36.4 Å². The van der Waals surface area contributed by atoms with Crippen LogP contribution in [0.3, 0.4) is 0 Å². The van der Waals surface area contributed by atoms with Crippen LogP contribution in [0.4, 0.5) is 4.79 Å². The van der Waals surface area contributed by atoms with Crippen LogP contribution >= 0.6 is 0 Å². The van der Waals surface area contributed by atoms with Gasteiger partial charge in [0.2, 0.25) is 0 Å². The van der Waals surface area contributed by atoms with Crippen LogP contribution in [0.15, 0.2) is 30.3 Å². The molecule has 1 amide bonds. The third-order valence-corrected chi connectivity index (χ3v) is 3.49. The number of carbonyl (C=O) groups excluding carboxylic acids is 1. The van der Waals surface area contributed by atoms with E-state index in [1.807, 2.05) is 30.3 Å². The van der Waals surface area contributed by atoms with E-state index in [2.05, 4.69) is 5.32 Å². The second kappa shape index (κ2) is 7.64. The minimum Gasteiger partial charge on any atom is -0.480 e. The van der Waals surface area contributed by atoms with Crippen LogP contribution in [0.2, 0.25) is 0 Å². The molecule has 0 radical (unpaired) electrons. The molecular formula is C15H19NO5. The molecule has 1 aromatic carbocycles. The minimum absolute atomic E-state index is 0.118. The number of nitrogens with one attached hydrogen (secondary N) is 1. The van der Waals surface area contributed by atoms with Crippen LogP contribution in [0.5, 0.6) is 0 Å². The summed E-state index contributed by atoms with van der Waals surface area (Å²) < 4.78 is 10.3. The second-order valence-corrected chi connectivity index (χ2v) is 4.97. The molecule has 1 fully saturated rings. The van der Waals surface area contributed by atoms with Crippen LogP contribution in [-0.2, 0) is 20.9 Å². The maximum Gasteiger partial charge on any atom is 0.408 e. The molecule has 0 spiro atoms. The summed E-state index contributed by atoms with van der Waals surface area (Å²) in [5, 5.41) is 11.7. The van der Waals surface area contributed by atoms with Gasteiger partial charge in [-0.1, -0.05) is 30.3 Å². The Bertz CT molecular complexity index is 470. The quantitative estimate of drug-likeness (QED) is 0.864. The lowest BCUT2D eigenvalue weighted by atomic mass is 9.92. The first-order valence-electron chi connectivity index (χ1n) is 6.94. The van der Waals surface area contributed by atoms with E-state index in [0.29, 0.717) is 26.1 Å². The second-order valence-electron chi connectivity index (χ2n) is 4.97. The standard InChI is InChI=1S/C15H19NO5/c17-14(18)13(12-6-8-20-9-7-12)16-15(19)21-10-11-4-2-1-3-5-11/h1-5,12-13H,6-10H2,(H,16,19)(H,17,18). The first kappa shape index (κ1) is 15.3. The fourth-order valence-electron chi connectivity index (χ4n) is 2.32. The Labute approximate surface area is 123 Å². The number of amides is 1. The Morgan fingerprint density at radius 3 is 2.57 bits per heavy atom. The van der Waals surface area contributed by atoms with E-state index >= 15 is 0 Å². The topological polar surface area (TPSA) is 84.9 Å². The molecule has 2 N–H and O–H groups in total. The number of rotatable bonds is 5. The first-order valence-corrected chi connectivity index (χ1v) is 6.94. The van der Waals surface area contributed by atoms with E-state index in [-0.39, 0.29) is 12.5 Å². The molecule has 1 saturated heterocycles. The number of alkyl carbamates (subject to hydrolysis) is 1. The highest BCUT2D eigenvalue weighted by molar-refractivity contribution is 5.80. The maximum absolute atomic E-state index is 11.7. The molecule has 114 valence electrons. The van der Waals surface area contributed by atoms with Gasteiger partial charge in [0.15, 0.2) is 0 Å². The molecule has 0 aliphatic carbocycles. The number of hydrogen-bond acceptors (Lipinski definition) is 4. The zero-order valence-electron chi connectivity index (χ0n) is 11.7. The zero-order chi connectivity index (χ0) is 15.1. The third kappa shape index (κ3) is 4.75. The van der Waals surface area contributed by atoms with Gasteiger partial charge in [0.25, 0.3) is 0 Å². The molecule has 6 heteroatoms. The van der Waals surface area contributed by atoms with Crippen molar-refractivity contribution in [1.82, 2.24) is 5.32 Å². The van der Waals surface area contributed by atoms with Crippen molar-refractivity contribution in [1.29, 1.82) is 0 Å². The Morgan fingerprint density at radius 1 is 1.29 bits per heavy atom. The fourth-order valence-corrected chi connectivity index (χ4v) is 2.32. The molecule has 1 aliphatic heterocycles. The van der Waals surface area contributed by atoms with Crippen molar-refractivity contribution >= 4 is 12.1 Å². The lowest BCUT2D eigenvalue weighted by Crippen LogP contribution is -2.47. The van der Waals surface area contributed by atoms with Gasteiger partial charge >= 0.3 is 12.1 Å². The van der Waals surface area contributed by atoms with Gasteiger partial charge in [-0.3, -0.25) is 0 Å². The predicted molar refractivity (Wildman–Crippen MR) is 74.7 cm³/mol. The van der Waals surface area contributed by atoms with Crippen molar-refractivity contribution in [3.63, 3.8) is 0 Å². The van der Waals surface area contributed by atoms with Crippen LogP contribution < -0.4 is 5.32 Å². The van der Waals surface area contributed by atoms with E-state index in [1.165, 1.54) is 0 Å². The lowest BCUT2D eigenvalue weighted by Gasteiger charge is -2.27. The summed E-state index contributed by atoms with van der Waals surface area (Å²) in [4.78, 5) is 23.0. The predicted octanol–water partition coefficient (Wildman–Crippen LogP) is 1.79. The molecular weight excluding hydrogens is 274 g/mol. The highest BCUT2D eigenvalue weighted by atomic mass is 16.5. The SMILES string of the molecule is O=C(NC(C(=O)O)C1CCOCC1)OCc1ccccc1. The Kier molecular flexibility index (Phi) is 5.57. The number of benzene rings is 1. The van der Waals surface area contributed by atoms with Crippen LogP contribution in [0, 0.1) is 5.92 Å². The van der Waals surface area contributed by atoms with Gasteiger partial charge in [0, 0.05) is 13.2 Å². The van der Waals surface area contributed by atoms with Crippen molar-refractivity contribution in [3.8, 4) is 0 Å². The van der Waals surface area contributed by atoms with Crippen LogP contribution in [0.25, 0.3) is 0 Å². The number of ether oxygens (including phenoxy) is 2. The Hall–Kier alpha value is -2.08. The van der Waals surface area contributed by atoms with Gasteiger partial charge < -0.3 is 19.9 Å². The van der Waals surface area contributed by atoms with Crippen molar-refractivity contribution < 1.29 is 24.2 Å². The third-order valence-electron chi connectivity index (χ3n) is 3.49. The monoisotopic (exact) mass is 293 g/mol. The highest BCUT2D eigenvalue weighted by Gasteiger charge is 2.31. The van der Waals surface area contributed by atoms with E-state index in [9.17, 15) is 14.7 Å². The maximum atomic E-state index is 11.7. The van der Waals surface area contributed by atoms with E-state index < -0.39 is 18.1 Å². The molecule has 0 aromatic heterocycles. The molecule has 0 saturated carbocycles. The minimum atomic E-state index is -1.04. The van der Waals surface area contributed by atoms with Crippen LogP contribution in [0.1, 0.15) is 18.4 Å². The Morgan fingerprint density at radius 2 is 1.95 bits per heavy atom. The molecule has 1 atom stereocenters. The van der Waals surface area contributed by atoms with E-state index in [1.54, 1.807) is 0 Å². The summed E-state index contributed by atoms with van der Waals surface area (Å²) in [6.07, 6.45) is 0.532. The summed E-state index contributed by atoms with van der Waals surface area (Å²) in [5.41, 5.74) is 0.852. The first-order chi connectivity index (χ1) is 10.2. The Balaban J connectivity index is 1.84. The summed E-state index contributed by atoms with van der Waals surface area (Å²) >= 11 is 0. The normalized spacial score (nSPS) is 17.0. The van der Waals surface area contributed by atoms with Gasteiger partial charge in [0.1, 0.15) is 12.6 Å². The molecule has 21 heavy (non-hydrogen) atoms. The average molecular weight is 293 g/mol. The molecule has 1 unspecified atom stereocenters. The van der Waals surface area contributed by atoms with Crippen molar-refractivity contribution in [2.24, 2.45) is 5.92 Å². The summed E-state index contributed by atoms with van der Waals surface area (Å²) in [6.45, 7) is 1.16. The molecule has 1 aliphatic rings. The van der Waals surface area contributed by atoms with Gasteiger partial charge in [-0.15, -0.1) is 0 Å². The fraction of sp³-hybridized carbons (Fsp3) is 0.467. The van der Waals surface area contributed by atoms with Gasteiger partial charge in [0.05, 0.1) is 0 Å². The summed E-state index contributed by atoms with van der Waals surface area (Å²) in [7, 11) is 0. The summed E-state index contributed by atoms with van der Waals surface area (Å²) in [6, 6.07) is 8.30. The van der Waals surface area contributed by atoms with Crippen molar-refractivity contribution in [2.75, 3.05) is 13.2 Å². The van der Waals surface area contributed by atoms with Crippen molar-refractivity contribution in [2.45, 2.75) is 25.5 Å². The molecule has 6 nitrogen and oxygen atoms in total. The number of carboxylic acids is 1.